The highest BCUT2D eigenvalue weighted by Crippen LogP contribution is 2.31. The van der Waals surface area contributed by atoms with Crippen LogP contribution in [0, 0.1) is 13.8 Å². The Hall–Kier alpha value is -3.37. The molecule has 10 heteroatoms. The summed E-state index contributed by atoms with van der Waals surface area (Å²) in [6.07, 6.45) is 0. The van der Waals surface area contributed by atoms with Crippen LogP contribution in [-0.2, 0) is 10.0 Å². The molecule has 0 bridgehead atoms. The first-order chi connectivity index (χ1) is 16.2. The number of hydrogen-bond acceptors (Lipinski definition) is 6. The molecule has 0 saturated carbocycles. The Morgan fingerprint density at radius 2 is 1.65 bits per heavy atom. The zero-order valence-corrected chi connectivity index (χ0v) is 20.5. The first kappa shape index (κ1) is 23.8. The lowest BCUT2D eigenvalue weighted by molar-refractivity contribution is 0.0692. The van der Waals surface area contributed by atoms with Crippen LogP contribution < -0.4 is 9.47 Å². The van der Waals surface area contributed by atoms with Crippen molar-refractivity contribution in [3.05, 3.63) is 59.3 Å². The maximum atomic E-state index is 13.1. The largest absolute Gasteiger partial charge is 0.493 e. The standard InChI is InChI=1S/C24H28N4O5S/c1-16-5-7-19(17(2)13-16)20-15-21(26-25-20)24(29)27-9-11-28(12-10-27)34(30,31)18-6-8-22(32-3)23(14-18)33-4/h5-8,13-15H,9-12H2,1-4H3,(H,25,26). The van der Waals surface area contributed by atoms with Crippen LogP contribution in [0.1, 0.15) is 21.6 Å². The Balaban J connectivity index is 1.45. The van der Waals surface area contributed by atoms with Crippen molar-refractivity contribution in [2.75, 3.05) is 40.4 Å². The fraction of sp³-hybridized carbons (Fsp3) is 0.333. The lowest BCUT2D eigenvalue weighted by atomic mass is 10.0. The van der Waals surface area contributed by atoms with Gasteiger partial charge in [0.2, 0.25) is 10.0 Å². The smallest absolute Gasteiger partial charge is 0.271 e. The Morgan fingerprint density at radius 3 is 2.29 bits per heavy atom. The second-order valence-electron chi connectivity index (χ2n) is 8.20. The number of carbonyl (C=O) groups excluding carboxylic acids is 1. The van der Waals surface area contributed by atoms with E-state index in [0.717, 1.165) is 16.7 Å². The van der Waals surface area contributed by atoms with Crippen LogP contribution in [0.25, 0.3) is 11.3 Å². The molecular weight excluding hydrogens is 456 g/mol. The number of H-pyrrole nitrogens is 1. The van der Waals surface area contributed by atoms with Gasteiger partial charge in [-0.15, -0.1) is 0 Å². The zero-order valence-electron chi connectivity index (χ0n) is 19.7. The quantitative estimate of drug-likeness (QED) is 0.577. The van der Waals surface area contributed by atoms with Crippen LogP contribution in [0.3, 0.4) is 0 Å². The molecule has 1 N–H and O–H groups in total. The van der Waals surface area contributed by atoms with Gasteiger partial charge in [0.1, 0.15) is 5.69 Å². The van der Waals surface area contributed by atoms with Gasteiger partial charge in [0.25, 0.3) is 5.91 Å². The summed E-state index contributed by atoms with van der Waals surface area (Å²) in [6.45, 7) is 4.99. The molecule has 1 aliphatic rings. The molecule has 2 aromatic carbocycles. The average molecular weight is 485 g/mol. The topological polar surface area (TPSA) is 105 Å². The lowest BCUT2D eigenvalue weighted by Gasteiger charge is -2.33. The second-order valence-corrected chi connectivity index (χ2v) is 10.1. The van der Waals surface area contributed by atoms with Gasteiger partial charge in [-0.2, -0.15) is 9.40 Å². The van der Waals surface area contributed by atoms with Crippen molar-refractivity contribution >= 4 is 15.9 Å². The summed E-state index contributed by atoms with van der Waals surface area (Å²) in [5.41, 5.74) is 4.29. The summed E-state index contributed by atoms with van der Waals surface area (Å²) in [5.74, 6) is 0.597. The van der Waals surface area contributed by atoms with Crippen molar-refractivity contribution in [3.63, 3.8) is 0 Å². The predicted octanol–water partition coefficient (Wildman–Crippen LogP) is 2.86. The maximum absolute atomic E-state index is 13.1. The highest BCUT2D eigenvalue weighted by Gasteiger charge is 2.31. The van der Waals surface area contributed by atoms with Gasteiger partial charge in [-0.1, -0.05) is 23.8 Å². The van der Waals surface area contributed by atoms with Gasteiger partial charge in [-0.25, -0.2) is 8.42 Å². The number of nitrogens with one attached hydrogen (secondary N) is 1. The minimum absolute atomic E-state index is 0.122. The van der Waals surface area contributed by atoms with E-state index >= 15 is 0 Å². The minimum Gasteiger partial charge on any atom is -0.493 e. The van der Waals surface area contributed by atoms with Crippen molar-refractivity contribution in [2.24, 2.45) is 0 Å². The second kappa shape index (κ2) is 9.47. The van der Waals surface area contributed by atoms with Gasteiger partial charge >= 0.3 is 0 Å². The van der Waals surface area contributed by atoms with E-state index in [0.29, 0.717) is 22.9 Å². The fourth-order valence-electron chi connectivity index (χ4n) is 4.10. The van der Waals surface area contributed by atoms with Crippen LogP contribution in [-0.4, -0.2) is 74.1 Å². The molecule has 1 amide bonds. The fourth-order valence-corrected chi connectivity index (χ4v) is 5.54. The average Bonchev–Trinajstić information content (AvgIpc) is 3.33. The number of carbonyl (C=O) groups is 1. The minimum atomic E-state index is -3.73. The van der Waals surface area contributed by atoms with E-state index in [1.807, 2.05) is 26.0 Å². The molecule has 0 unspecified atom stereocenters. The van der Waals surface area contributed by atoms with E-state index in [4.69, 9.17) is 9.47 Å². The highest BCUT2D eigenvalue weighted by molar-refractivity contribution is 7.89. The van der Waals surface area contributed by atoms with Crippen LogP contribution >= 0.6 is 0 Å². The van der Waals surface area contributed by atoms with Crippen molar-refractivity contribution < 1.29 is 22.7 Å². The van der Waals surface area contributed by atoms with Crippen molar-refractivity contribution in [1.29, 1.82) is 0 Å². The van der Waals surface area contributed by atoms with Gasteiger partial charge in [0.15, 0.2) is 11.5 Å². The third-order valence-electron chi connectivity index (χ3n) is 5.98. The summed E-state index contributed by atoms with van der Waals surface area (Å²) in [4.78, 5) is 14.8. The molecule has 1 aliphatic heterocycles. The number of aryl methyl sites for hydroxylation is 2. The van der Waals surface area contributed by atoms with Crippen molar-refractivity contribution in [3.8, 4) is 22.8 Å². The number of amides is 1. The Labute approximate surface area is 199 Å². The number of ether oxygens (including phenoxy) is 2. The molecule has 0 atom stereocenters. The van der Waals surface area contributed by atoms with Gasteiger partial charge < -0.3 is 14.4 Å². The van der Waals surface area contributed by atoms with E-state index < -0.39 is 10.0 Å². The summed E-state index contributed by atoms with van der Waals surface area (Å²) in [6, 6.07) is 12.3. The van der Waals surface area contributed by atoms with E-state index in [-0.39, 0.29) is 37.0 Å². The van der Waals surface area contributed by atoms with Gasteiger partial charge in [-0.3, -0.25) is 9.89 Å². The van der Waals surface area contributed by atoms with Crippen LogP contribution in [0.5, 0.6) is 11.5 Å². The van der Waals surface area contributed by atoms with E-state index in [1.54, 1.807) is 17.0 Å². The number of benzene rings is 2. The predicted molar refractivity (Wildman–Crippen MR) is 128 cm³/mol. The third kappa shape index (κ3) is 4.51. The summed E-state index contributed by atoms with van der Waals surface area (Å²) >= 11 is 0. The molecule has 1 saturated heterocycles. The number of aromatic amines is 1. The Kier molecular flexibility index (Phi) is 6.63. The van der Waals surface area contributed by atoms with E-state index in [2.05, 4.69) is 16.3 Å². The molecule has 0 radical (unpaired) electrons. The molecule has 1 fully saturated rings. The Bertz CT molecular complexity index is 1310. The molecule has 9 nitrogen and oxygen atoms in total. The van der Waals surface area contributed by atoms with Crippen molar-refractivity contribution in [2.45, 2.75) is 18.7 Å². The van der Waals surface area contributed by atoms with Gasteiger partial charge in [0, 0.05) is 37.8 Å². The van der Waals surface area contributed by atoms with Crippen LogP contribution in [0.15, 0.2) is 47.4 Å². The molecule has 180 valence electrons. The first-order valence-corrected chi connectivity index (χ1v) is 12.3. The van der Waals surface area contributed by atoms with Gasteiger partial charge in [0.05, 0.1) is 24.8 Å². The molecular formula is C24H28N4O5S. The number of nitrogens with zero attached hydrogens (tertiary/aromatic N) is 3. The number of piperazine rings is 1. The monoisotopic (exact) mass is 484 g/mol. The molecule has 2 heterocycles. The number of sulfonamides is 1. The van der Waals surface area contributed by atoms with E-state index in [1.165, 1.54) is 30.7 Å². The molecule has 34 heavy (non-hydrogen) atoms. The SMILES string of the molecule is COc1ccc(S(=O)(=O)N2CCN(C(=O)c3cc(-c4ccc(C)cc4C)n[nH]3)CC2)cc1OC. The maximum Gasteiger partial charge on any atom is 0.271 e. The number of hydrogen-bond donors (Lipinski definition) is 1. The molecule has 1 aromatic heterocycles. The molecule has 0 spiro atoms. The Morgan fingerprint density at radius 1 is 0.941 bits per heavy atom. The van der Waals surface area contributed by atoms with Gasteiger partial charge in [-0.05, 0) is 37.6 Å². The summed E-state index contributed by atoms with van der Waals surface area (Å²) in [7, 11) is -0.783. The van der Waals surface area contributed by atoms with E-state index in [9.17, 15) is 13.2 Å². The molecule has 4 rings (SSSR count). The lowest BCUT2D eigenvalue weighted by Crippen LogP contribution is -2.50. The third-order valence-corrected chi connectivity index (χ3v) is 7.88. The molecule has 3 aromatic rings. The normalized spacial score (nSPS) is 14.8. The molecule has 0 aliphatic carbocycles. The van der Waals surface area contributed by atoms with Crippen molar-refractivity contribution in [1.82, 2.24) is 19.4 Å². The van der Waals surface area contributed by atoms with Crippen LogP contribution in [0.2, 0.25) is 0 Å². The van der Waals surface area contributed by atoms with Crippen LogP contribution in [0.4, 0.5) is 0 Å². The summed E-state index contributed by atoms with van der Waals surface area (Å²) in [5, 5.41) is 7.15. The zero-order chi connectivity index (χ0) is 24.5. The highest BCUT2D eigenvalue weighted by atomic mass is 32.2. The number of rotatable bonds is 6. The summed E-state index contributed by atoms with van der Waals surface area (Å²) < 4.78 is 38.1. The first-order valence-electron chi connectivity index (χ1n) is 10.9. The number of methoxy groups -OCH3 is 2. The number of aromatic nitrogens is 2.